The second kappa shape index (κ2) is 5.78. The number of fused-ring (bicyclic) bond motifs is 2. The summed E-state index contributed by atoms with van der Waals surface area (Å²) < 4.78 is 11.4. The summed E-state index contributed by atoms with van der Waals surface area (Å²) in [6.45, 7) is 1.34. The molecule has 0 saturated heterocycles. The SMILES string of the molecule is O=C(Cc1c2c(cc3c1OCC3)OCC2)Nc1ccc(Cl)cc1. The Kier molecular flexibility index (Phi) is 3.62. The van der Waals surface area contributed by atoms with Crippen LogP contribution >= 0.6 is 11.6 Å². The molecular weight excluding hydrogens is 314 g/mol. The molecule has 0 atom stereocenters. The first kappa shape index (κ1) is 14.4. The van der Waals surface area contributed by atoms with E-state index in [2.05, 4.69) is 11.4 Å². The van der Waals surface area contributed by atoms with Gasteiger partial charge in [0.15, 0.2) is 0 Å². The van der Waals surface area contributed by atoms with Crippen molar-refractivity contribution in [3.63, 3.8) is 0 Å². The number of carbonyl (C=O) groups is 1. The highest BCUT2D eigenvalue weighted by Crippen LogP contribution is 2.40. The molecule has 1 N–H and O–H groups in total. The van der Waals surface area contributed by atoms with Crippen molar-refractivity contribution in [2.45, 2.75) is 19.3 Å². The maximum Gasteiger partial charge on any atom is 0.228 e. The molecule has 0 bridgehead atoms. The molecular formula is C18H16ClNO3. The van der Waals surface area contributed by atoms with Gasteiger partial charge >= 0.3 is 0 Å². The normalized spacial score (nSPS) is 14.7. The molecule has 0 fully saturated rings. The van der Waals surface area contributed by atoms with Crippen molar-refractivity contribution in [3.8, 4) is 11.5 Å². The number of benzene rings is 2. The molecule has 4 rings (SSSR count). The number of ether oxygens (including phenoxy) is 2. The van der Waals surface area contributed by atoms with Gasteiger partial charge in [0.05, 0.1) is 19.6 Å². The van der Waals surface area contributed by atoms with E-state index >= 15 is 0 Å². The van der Waals surface area contributed by atoms with E-state index in [1.54, 1.807) is 24.3 Å². The molecule has 118 valence electrons. The Morgan fingerprint density at radius 2 is 1.91 bits per heavy atom. The smallest absolute Gasteiger partial charge is 0.228 e. The van der Waals surface area contributed by atoms with Crippen molar-refractivity contribution in [1.82, 2.24) is 0 Å². The van der Waals surface area contributed by atoms with Crippen LogP contribution in [-0.2, 0) is 24.1 Å². The van der Waals surface area contributed by atoms with Crippen LogP contribution in [0.2, 0.25) is 5.02 Å². The molecule has 4 nitrogen and oxygen atoms in total. The van der Waals surface area contributed by atoms with Crippen molar-refractivity contribution in [1.29, 1.82) is 0 Å². The van der Waals surface area contributed by atoms with Crippen LogP contribution in [0.3, 0.4) is 0 Å². The lowest BCUT2D eigenvalue weighted by molar-refractivity contribution is -0.115. The van der Waals surface area contributed by atoms with E-state index in [9.17, 15) is 4.79 Å². The molecule has 2 aliphatic heterocycles. The summed E-state index contributed by atoms with van der Waals surface area (Å²) in [5, 5.41) is 3.55. The number of amides is 1. The van der Waals surface area contributed by atoms with Gasteiger partial charge in [-0.3, -0.25) is 4.79 Å². The van der Waals surface area contributed by atoms with Crippen LogP contribution in [0.25, 0.3) is 0 Å². The van der Waals surface area contributed by atoms with E-state index in [4.69, 9.17) is 21.1 Å². The first-order chi connectivity index (χ1) is 11.2. The zero-order chi connectivity index (χ0) is 15.8. The lowest BCUT2D eigenvalue weighted by Gasteiger charge is -2.13. The van der Waals surface area contributed by atoms with E-state index < -0.39 is 0 Å². The second-order valence-electron chi connectivity index (χ2n) is 5.75. The number of hydrogen-bond acceptors (Lipinski definition) is 3. The summed E-state index contributed by atoms with van der Waals surface area (Å²) in [6.07, 6.45) is 1.99. The Balaban J connectivity index is 1.59. The van der Waals surface area contributed by atoms with Crippen LogP contribution in [0.4, 0.5) is 5.69 Å². The van der Waals surface area contributed by atoms with Crippen molar-refractivity contribution in [2.75, 3.05) is 18.5 Å². The van der Waals surface area contributed by atoms with Gasteiger partial charge in [0.2, 0.25) is 5.91 Å². The van der Waals surface area contributed by atoms with Crippen LogP contribution in [0, 0.1) is 0 Å². The Morgan fingerprint density at radius 1 is 1.13 bits per heavy atom. The Bertz CT molecular complexity index is 739. The predicted molar refractivity (Wildman–Crippen MR) is 88.6 cm³/mol. The molecule has 0 unspecified atom stereocenters. The third-order valence-electron chi connectivity index (χ3n) is 4.23. The topological polar surface area (TPSA) is 47.6 Å². The predicted octanol–water partition coefficient (Wildman–Crippen LogP) is 3.39. The molecule has 2 aromatic rings. The van der Waals surface area contributed by atoms with E-state index in [0.29, 0.717) is 18.2 Å². The van der Waals surface area contributed by atoms with Gasteiger partial charge in [0.25, 0.3) is 0 Å². The quantitative estimate of drug-likeness (QED) is 0.939. The minimum atomic E-state index is -0.0645. The number of anilines is 1. The van der Waals surface area contributed by atoms with Crippen LogP contribution in [0.15, 0.2) is 30.3 Å². The Labute approximate surface area is 139 Å². The number of nitrogens with one attached hydrogen (secondary N) is 1. The first-order valence-electron chi connectivity index (χ1n) is 7.69. The van der Waals surface area contributed by atoms with Crippen molar-refractivity contribution in [3.05, 3.63) is 52.0 Å². The maximum atomic E-state index is 12.4. The third-order valence-corrected chi connectivity index (χ3v) is 4.48. The van der Waals surface area contributed by atoms with Crippen molar-refractivity contribution >= 4 is 23.2 Å². The summed E-state index contributed by atoms with van der Waals surface area (Å²) in [5.74, 6) is 1.72. The fourth-order valence-electron chi connectivity index (χ4n) is 3.17. The fourth-order valence-corrected chi connectivity index (χ4v) is 3.30. The first-order valence-corrected chi connectivity index (χ1v) is 8.07. The molecule has 23 heavy (non-hydrogen) atoms. The van der Waals surface area contributed by atoms with E-state index in [1.807, 2.05) is 0 Å². The van der Waals surface area contributed by atoms with Gasteiger partial charge in [-0.1, -0.05) is 11.6 Å². The minimum absolute atomic E-state index is 0.0645. The number of halogens is 1. The average molecular weight is 330 g/mol. The zero-order valence-corrected chi connectivity index (χ0v) is 13.3. The highest BCUT2D eigenvalue weighted by molar-refractivity contribution is 6.30. The number of hydrogen-bond donors (Lipinski definition) is 1. The van der Waals surface area contributed by atoms with Gasteiger partial charge in [-0.25, -0.2) is 0 Å². The standard InChI is InChI=1S/C18H16ClNO3/c19-12-1-3-13(4-2-12)20-17(21)10-15-14-6-8-22-16(14)9-11-5-7-23-18(11)15/h1-4,9H,5-8,10H2,(H,20,21). The maximum absolute atomic E-state index is 12.4. The van der Waals surface area contributed by atoms with Crippen LogP contribution in [-0.4, -0.2) is 19.1 Å². The number of carbonyl (C=O) groups excluding carboxylic acids is 1. The lowest BCUT2D eigenvalue weighted by atomic mass is 9.97. The van der Waals surface area contributed by atoms with Crippen molar-refractivity contribution < 1.29 is 14.3 Å². The molecule has 2 aliphatic rings. The number of rotatable bonds is 3. The summed E-state index contributed by atoms with van der Waals surface area (Å²) in [5.41, 5.74) is 3.96. The van der Waals surface area contributed by atoms with Gasteiger partial charge in [-0.2, -0.15) is 0 Å². The summed E-state index contributed by atoms with van der Waals surface area (Å²) in [6, 6.07) is 9.16. The summed E-state index contributed by atoms with van der Waals surface area (Å²) in [4.78, 5) is 12.4. The third kappa shape index (κ3) is 2.75. The van der Waals surface area contributed by atoms with E-state index in [1.165, 1.54) is 0 Å². The molecule has 0 saturated carbocycles. The van der Waals surface area contributed by atoms with Crippen LogP contribution in [0.1, 0.15) is 16.7 Å². The Morgan fingerprint density at radius 3 is 2.74 bits per heavy atom. The second-order valence-corrected chi connectivity index (χ2v) is 6.19. The van der Waals surface area contributed by atoms with Crippen LogP contribution in [0.5, 0.6) is 11.5 Å². The highest BCUT2D eigenvalue weighted by Gasteiger charge is 2.27. The highest BCUT2D eigenvalue weighted by atomic mass is 35.5. The fraction of sp³-hybridized carbons (Fsp3) is 0.278. The van der Waals surface area contributed by atoms with Gasteiger partial charge in [-0.05, 0) is 30.3 Å². The Hall–Kier alpha value is -2.20. The lowest BCUT2D eigenvalue weighted by Crippen LogP contribution is -2.16. The van der Waals surface area contributed by atoms with Gasteiger partial charge in [0.1, 0.15) is 11.5 Å². The van der Waals surface area contributed by atoms with Gasteiger partial charge in [-0.15, -0.1) is 0 Å². The summed E-state index contributed by atoms with van der Waals surface area (Å²) in [7, 11) is 0. The van der Waals surface area contributed by atoms with E-state index in [-0.39, 0.29) is 12.3 Å². The van der Waals surface area contributed by atoms with Gasteiger partial charge in [0, 0.05) is 40.2 Å². The monoisotopic (exact) mass is 329 g/mol. The molecule has 2 heterocycles. The largest absolute Gasteiger partial charge is 0.493 e. The van der Waals surface area contributed by atoms with E-state index in [0.717, 1.165) is 46.7 Å². The molecule has 0 aliphatic carbocycles. The average Bonchev–Trinajstić information content (AvgIpc) is 3.18. The molecule has 2 aromatic carbocycles. The van der Waals surface area contributed by atoms with Gasteiger partial charge < -0.3 is 14.8 Å². The minimum Gasteiger partial charge on any atom is -0.493 e. The summed E-state index contributed by atoms with van der Waals surface area (Å²) >= 11 is 5.86. The molecule has 0 aromatic heterocycles. The van der Waals surface area contributed by atoms with Crippen molar-refractivity contribution in [2.24, 2.45) is 0 Å². The molecule has 0 spiro atoms. The van der Waals surface area contributed by atoms with Crippen LogP contribution < -0.4 is 14.8 Å². The molecule has 0 radical (unpaired) electrons. The molecule has 5 heteroatoms. The zero-order valence-electron chi connectivity index (χ0n) is 12.5. The molecule has 1 amide bonds.